The van der Waals surface area contributed by atoms with Crippen molar-refractivity contribution in [2.45, 2.75) is 31.5 Å². The number of nitrogens with one attached hydrogen (secondary N) is 2. The Bertz CT molecular complexity index is 833. The quantitative estimate of drug-likeness (QED) is 0.699. The van der Waals surface area contributed by atoms with E-state index in [9.17, 15) is 10.1 Å². The molecular formula is C17H20ClN5O2S. The van der Waals surface area contributed by atoms with E-state index in [2.05, 4.69) is 26.6 Å². The molecule has 0 saturated heterocycles. The van der Waals surface area contributed by atoms with E-state index >= 15 is 0 Å². The number of halogens is 1. The summed E-state index contributed by atoms with van der Waals surface area (Å²) in [7, 11) is 1.56. The molecule has 1 heterocycles. The first-order chi connectivity index (χ1) is 12.3. The number of nitrogens with zero attached hydrogens (tertiary/aromatic N) is 3. The lowest BCUT2D eigenvalue weighted by atomic mass is 9.90. The molecule has 7 nitrogen and oxygen atoms in total. The number of thioether (sulfide) groups is 1. The van der Waals surface area contributed by atoms with E-state index in [-0.39, 0.29) is 17.6 Å². The topological polar surface area (TPSA) is 104 Å². The molecule has 138 valence electrons. The molecule has 0 spiro atoms. The van der Waals surface area contributed by atoms with Crippen molar-refractivity contribution < 1.29 is 9.53 Å². The number of hydrogen-bond acceptors (Lipinski definition) is 6. The van der Waals surface area contributed by atoms with Gasteiger partial charge in [-0.25, -0.2) is 4.98 Å². The minimum atomic E-state index is -0.907. The zero-order valence-electron chi connectivity index (χ0n) is 15.0. The molecule has 2 N–H and O–H groups in total. The van der Waals surface area contributed by atoms with Crippen molar-refractivity contribution in [3.05, 3.63) is 23.2 Å². The van der Waals surface area contributed by atoms with Gasteiger partial charge in [-0.2, -0.15) is 5.26 Å². The largest absolute Gasteiger partial charge is 0.496 e. The zero-order valence-corrected chi connectivity index (χ0v) is 16.5. The minimum Gasteiger partial charge on any atom is -0.496 e. The molecule has 9 heteroatoms. The summed E-state index contributed by atoms with van der Waals surface area (Å²) < 4.78 is 5.30. The fourth-order valence-electron chi connectivity index (χ4n) is 2.05. The Kier molecular flexibility index (Phi) is 6.51. The van der Waals surface area contributed by atoms with Gasteiger partial charge in [-0.3, -0.25) is 9.89 Å². The summed E-state index contributed by atoms with van der Waals surface area (Å²) in [5, 5.41) is 19.9. The second-order valence-electron chi connectivity index (χ2n) is 6.12. The fraction of sp³-hybridized carbons (Fsp3) is 0.412. The molecule has 0 radical (unpaired) electrons. The van der Waals surface area contributed by atoms with Gasteiger partial charge in [0.2, 0.25) is 11.1 Å². The Morgan fingerprint density at radius 2 is 2.27 bits per heavy atom. The lowest BCUT2D eigenvalue weighted by molar-refractivity contribution is -0.120. The minimum absolute atomic E-state index is 0.00754. The SMILES string of the molecule is COc1ccc(Cl)cc1-c1nc(SCC(=O)N[C@](C)(C#N)C(C)C)n[nH]1. The maximum atomic E-state index is 12.1. The lowest BCUT2D eigenvalue weighted by Gasteiger charge is -2.27. The number of aromatic nitrogens is 3. The summed E-state index contributed by atoms with van der Waals surface area (Å²) in [5.41, 5.74) is -0.226. The third-order valence-electron chi connectivity index (χ3n) is 4.00. The summed E-state index contributed by atoms with van der Waals surface area (Å²) in [4.78, 5) is 16.5. The average molecular weight is 394 g/mol. The molecule has 0 aliphatic heterocycles. The van der Waals surface area contributed by atoms with Crippen LogP contribution in [0, 0.1) is 17.2 Å². The second kappa shape index (κ2) is 8.43. The van der Waals surface area contributed by atoms with Gasteiger partial charge in [0, 0.05) is 5.02 Å². The number of rotatable bonds is 7. The molecule has 0 aliphatic rings. The van der Waals surface area contributed by atoms with Crippen molar-refractivity contribution in [2.24, 2.45) is 5.92 Å². The average Bonchev–Trinajstić information content (AvgIpc) is 3.08. The molecule has 1 atom stereocenters. The third kappa shape index (κ3) is 4.68. The van der Waals surface area contributed by atoms with E-state index in [1.807, 2.05) is 13.8 Å². The number of carbonyl (C=O) groups is 1. The van der Waals surface area contributed by atoms with Crippen LogP contribution in [0.5, 0.6) is 5.75 Å². The van der Waals surface area contributed by atoms with Gasteiger partial charge in [-0.15, -0.1) is 5.10 Å². The Hall–Kier alpha value is -2.24. The third-order valence-corrected chi connectivity index (χ3v) is 5.08. The summed E-state index contributed by atoms with van der Waals surface area (Å²) in [6.45, 7) is 5.48. The van der Waals surface area contributed by atoms with Gasteiger partial charge < -0.3 is 10.1 Å². The van der Waals surface area contributed by atoms with Crippen LogP contribution in [0.25, 0.3) is 11.4 Å². The first kappa shape index (κ1) is 20.1. The van der Waals surface area contributed by atoms with Crippen LogP contribution in [0.15, 0.2) is 23.4 Å². The molecule has 0 saturated carbocycles. The van der Waals surface area contributed by atoms with Crippen LogP contribution in [0.2, 0.25) is 5.02 Å². The van der Waals surface area contributed by atoms with Crippen molar-refractivity contribution in [1.29, 1.82) is 5.26 Å². The van der Waals surface area contributed by atoms with Crippen LogP contribution < -0.4 is 10.1 Å². The molecule has 0 bridgehead atoms. The molecule has 2 rings (SSSR count). The molecule has 0 aliphatic carbocycles. The molecule has 1 amide bonds. The van der Waals surface area contributed by atoms with Gasteiger partial charge in [0.25, 0.3) is 0 Å². The summed E-state index contributed by atoms with van der Waals surface area (Å²) in [5.74, 6) is 0.956. The zero-order chi connectivity index (χ0) is 19.3. The van der Waals surface area contributed by atoms with Crippen LogP contribution in [0.1, 0.15) is 20.8 Å². The fourth-order valence-corrected chi connectivity index (χ4v) is 2.82. The normalized spacial score (nSPS) is 13.1. The van der Waals surface area contributed by atoms with E-state index in [0.717, 1.165) is 0 Å². The van der Waals surface area contributed by atoms with Crippen molar-refractivity contribution in [1.82, 2.24) is 20.5 Å². The van der Waals surface area contributed by atoms with Crippen LogP contribution in [-0.2, 0) is 4.79 Å². The Balaban J connectivity index is 2.05. The van der Waals surface area contributed by atoms with Crippen molar-refractivity contribution in [3.63, 3.8) is 0 Å². The molecule has 2 aromatic rings. The number of benzene rings is 1. The first-order valence-corrected chi connectivity index (χ1v) is 9.26. The highest BCUT2D eigenvalue weighted by Crippen LogP contribution is 2.31. The van der Waals surface area contributed by atoms with Crippen molar-refractivity contribution in [3.8, 4) is 23.2 Å². The highest BCUT2D eigenvalue weighted by Gasteiger charge is 2.29. The predicted molar refractivity (Wildman–Crippen MR) is 101 cm³/mol. The van der Waals surface area contributed by atoms with Gasteiger partial charge in [-0.05, 0) is 31.0 Å². The van der Waals surface area contributed by atoms with Crippen LogP contribution >= 0.6 is 23.4 Å². The first-order valence-electron chi connectivity index (χ1n) is 7.90. The molecule has 1 aromatic heterocycles. The van der Waals surface area contributed by atoms with Gasteiger partial charge in [0.1, 0.15) is 11.3 Å². The molecular weight excluding hydrogens is 374 g/mol. The Morgan fingerprint density at radius 3 is 2.88 bits per heavy atom. The van der Waals surface area contributed by atoms with Crippen molar-refractivity contribution >= 4 is 29.3 Å². The van der Waals surface area contributed by atoms with E-state index in [1.165, 1.54) is 11.8 Å². The number of ether oxygens (including phenoxy) is 1. The molecule has 0 unspecified atom stereocenters. The summed E-state index contributed by atoms with van der Waals surface area (Å²) in [6.07, 6.45) is 0. The van der Waals surface area contributed by atoms with Gasteiger partial charge in [0.15, 0.2) is 5.82 Å². The number of hydrogen-bond donors (Lipinski definition) is 2. The van der Waals surface area contributed by atoms with Crippen LogP contribution in [0.3, 0.4) is 0 Å². The van der Waals surface area contributed by atoms with Gasteiger partial charge >= 0.3 is 0 Å². The Labute approximate surface area is 161 Å². The van der Waals surface area contributed by atoms with E-state index in [1.54, 1.807) is 32.2 Å². The van der Waals surface area contributed by atoms with Gasteiger partial charge in [0.05, 0.1) is 24.5 Å². The van der Waals surface area contributed by atoms with E-state index in [0.29, 0.717) is 27.3 Å². The van der Waals surface area contributed by atoms with Crippen molar-refractivity contribution in [2.75, 3.05) is 12.9 Å². The summed E-state index contributed by atoms with van der Waals surface area (Å²) in [6, 6.07) is 7.34. The van der Waals surface area contributed by atoms with Crippen LogP contribution in [0.4, 0.5) is 0 Å². The van der Waals surface area contributed by atoms with Crippen LogP contribution in [-0.4, -0.2) is 39.5 Å². The molecule has 0 fully saturated rings. The highest BCUT2D eigenvalue weighted by molar-refractivity contribution is 7.99. The van der Waals surface area contributed by atoms with Gasteiger partial charge in [-0.1, -0.05) is 37.2 Å². The number of amides is 1. The predicted octanol–water partition coefficient (Wildman–Crippen LogP) is 3.28. The second-order valence-corrected chi connectivity index (χ2v) is 7.50. The Morgan fingerprint density at radius 1 is 1.54 bits per heavy atom. The highest BCUT2D eigenvalue weighted by atomic mass is 35.5. The van der Waals surface area contributed by atoms with E-state index < -0.39 is 5.54 Å². The standard InChI is InChI=1S/C17H20ClN5O2S/c1-10(2)17(3,9-19)21-14(24)8-26-16-20-15(22-23-16)12-7-11(18)5-6-13(12)25-4/h5-7,10H,8H2,1-4H3,(H,21,24)(H,20,22,23)/t17-/m1/s1. The maximum Gasteiger partial charge on any atom is 0.231 e. The lowest BCUT2D eigenvalue weighted by Crippen LogP contribution is -2.49. The number of aromatic amines is 1. The number of methoxy groups -OCH3 is 1. The monoisotopic (exact) mass is 393 g/mol. The number of H-pyrrole nitrogens is 1. The maximum absolute atomic E-state index is 12.1. The molecule has 26 heavy (non-hydrogen) atoms. The molecule has 1 aromatic carbocycles. The smallest absolute Gasteiger partial charge is 0.231 e. The van der Waals surface area contributed by atoms with E-state index in [4.69, 9.17) is 16.3 Å². The summed E-state index contributed by atoms with van der Waals surface area (Å²) >= 11 is 7.21. The number of carbonyl (C=O) groups excluding carboxylic acids is 1. The number of nitriles is 1.